The smallest absolute Gasteiger partial charge is 0.251 e. The van der Waals surface area contributed by atoms with Gasteiger partial charge in [0.05, 0.1) is 0 Å². The van der Waals surface area contributed by atoms with Gasteiger partial charge in [-0.3, -0.25) is 9.59 Å². The van der Waals surface area contributed by atoms with Crippen LogP contribution >= 0.6 is 12.4 Å². The average molecular weight is 408 g/mol. The van der Waals surface area contributed by atoms with Crippen LogP contribution in [-0.4, -0.2) is 42.4 Å². The Morgan fingerprint density at radius 3 is 2.46 bits per heavy atom. The molecule has 1 saturated heterocycles. The number of carbonyl (C=O) groups excluding carboxylic acids is 2. The molecule has 5 nitrogen and oxygen atoms in total. The third-order valence-electron chi connectivity index (χ3n) is 6.36. The zero-order chi connectivity index (χ0) is 19.1. The van der Waals surface area contributed by atoms with Gasteiger partial charge in [0, 0.05) is 31.1 Å². The standard InChI is InChI=1S/C22H33N3O2.ClH/c23-17-22(12-6-2-7-13-22)15-20(26)25-14-8-5-11-19(25)16-24-21(27)18-9-3-1-4-10-18;/h1,3-4,9-10,19H,2,5-8,11-17,23H2,(H,24,27);1H. The van der Waals surface area contributed by atoms with Gasteiger partial charge in [-0.05, 0) is 56.2 Å². The van der Waals surface area contributed by atoms with Crippen molar-refractivity contribution in [3.63, 3.8) is 0 Å². The normalized spacial score (nSPS) is 21.5. The quantitative estimate of drug-likeness (QED) is 0.757. The fraction of sp³-hybridized carbons (Fsp3) is 0.636. The van der Waals surface area contributed by atoms with E-state index in [1.807, 2.05) is 35.2 Å². The Kier molecular flexibility index (Phi) is 8.77. The Hall–Kier alpha value is -1.59. The van der Waals surface area contributed by atoms with E-state index >= 15 is 0 Å². The minimum absolute atomic E-state index is 0. The lowest BCUT2D eigenvalue weighted by atomic mass is 9.71. The van der Waals surface area contributed by atoms with Crippen LogP contribution in [-0.2, 0) is 4.79 Å². The van der Waals surface area contributed by atoms with Crippen LogP contribution in [0.2, 0.25) is 0 Å². The number of amides is 2. The summed E-state index contributed by atoms with van der Waals surface area (Å²) in [5.74, 6) is 0.153. The molecule has 6 heteroatoms. The highest BCUT2D eigenvalue weighted by atomic mass is 35.5. The molecule has 156 valence electrons. The Labute approximate surface area is 174 Å². The minimum Gasteiger partial charge on any atom is -0.350 e. The van der Waals surface area contributed by atoms with Gasteiger partial charge in [-0.2, -0.15) is 0 Å². The molecule has 2 fully saturated rings. The second-order valence-corrected chi connectivity index (χ2v) is 8.25. The molecule has 3 N–H and O–H groups in total. The fourth-order valence-corrected chi connectivity index (χ4v) is 4.62. The predicted octanol–water partition coefficient (Wildman–Crippen LogP) is 3.52. The van der Waals surface area contributed by atoms with E-state index in [4.69, 9.17) is 5.73 Å². The summed E-state index contributed by atoms with van der Waals surface area (Å²) in [5.41, 5.74) is 6.74. The average Bonchev–Trinajstić information content (AvgIpc) is 2.73. The molecule has 1 aromatic rings. The second kappa shape index (κ2) is 10.8. The molecule has 0 spiro atoms. The third-order valence-corrected chi connectivity index (χ3v) is 6.36. The Morgan fingerprint density at radius 2 is 1.79 bits per heavy atom. The third kappa shape index (κ3) is 5.71. The van der Waals surface area contributed by atoms with Gasteiger partial charge in [0.2, 0.25) is 5.91 Å². The number of halogens is 1. The number of likely N-dealkylation sites (tertiary alicyclic amines) is 1. The van der Waals surface area contributed by atoms with Crippen molar-refractivity contribution in [3.8, 4) is 0 Å². The molecule has 1 saturated carbocycles. The highest BCUT2D eigenvalue weighted by molar-refractivity contribution is 5.94. The highest BCUT2D eigenvalue weighted by Crippen LogP contribution is 2.39. The van der Waals surface area contributed by atoms with Gasteiger partial charge in [-0.15, -0.1) is 12.4 Å². The summed E-state index contributed by atoms with van der Waals surface area (Å²) in [6, 6.07) is 9.35. The van der Waals surface area contributed by atoms with Crippen molar-refractivity contribution in [2.45, 2.75) is 63.8 Å². The molecule has 1 aromatic carbocycles. The Balaban J connectivity index is 0.00000280. The molecule has 1 unspecified atom stereocenters. The van der Waals surface area contributed by atoms with Crippen molar-refractivity contribution < 1.29 is 9.59 Å². The number of rotatable bonds is 6. The number of piperidine rings is 1. The molecule has 1 heterocycles. The maximum Gasteiger partial charge on any atom is 0.251 e. The van der Waals surface area contributed by atoms with E-state index in [1.165, 1.54) is 19.3 Å². The summed E-state index contributed by atoms with van der Waals surface area (Å²) in [5, 5.41) is 3.02. The summed E-state index contributed by atoms with van der Waals surface area (Å²) in [4.78, 5) is 27.5. The van der Waals surface area contributed by atoms with E-state index in [-0.39, 0.29) is 35.7 Å². The fourth-order valence-electron chi connectivity index (χ4n) is 4.62. The van der Waals surface area contributed by atoms with E-state index in [0.29, 0.717) is 25.1 Å². The van der Waals surface area contributed by atoms with Gasteiger partial charge >= 0.3 is 0 Å². The number of hydrogen-bond acceptors (Lipinski definition) is 3. The zero-order valence-corrected chi connectivity index (χ0v) is 17.5. The number of nitrogens with one attached hydrogen (secondary N) is 1. The van der Waals surface area contributed by atoms with Crippen molar-refractivity contribution in [3.05, 3.63) is 35.9 Å². The van der Waals surface area contributed by atoms with Crippen LogP contribution in [0.3, 0.4) is 0 Å². The van der Waals surface area contributed by atoms with E-state index in [2.05, 4.69) is 5.32 Å². The molecule has 2 amide bonds. The lowest BCUT2D eigenvalue weighted by Crippen LogP contribution is -2.51. The number of carbonyl (C=O) groups is 2. The lowest BCUT2D eigenvalue weighted by molar-refractivity contribution is -0.137. The summed E-state index contributed by atoms with van der Waals surface area (Å²) in [6.07, 6.45) is 9.43. The Morgan fingerprint density at radius 1 is 1.07 bits per heavy atom. The maximum absolute atomic E-state index is 13.1. The number of nitrogens with two attached hydrogens (primary N) is 1. The Bertz CT molecular complexity index is 632. The van der Waals surface area contributed by atoms with Gasteiger partial charge < -0.3 is 16.0 Å². The van der Waals surface area contributed by atoms with Crippen LogP contribution in [0.1, 0.15) is 68.1 Å². The molecule has 0 bridgehead atoms. The van der Waals surface area contributed by atoms with Gasteiger partial charge in [0.15, 0.2) is 0 Å². The zero-order valence-electron chi connectivity index (χ0n) is 16.7. The first kappa shape index (κ1) is 22.7. The topological polar surface area (TPSA) is 75.4 Å². The molecule has 1 aliphatic heterocycles. The molecule has 0 radical (unpaired) electrons. The first-order chi connectivity index (χ1) is 13.1. The number of hydrogen-bond donors (Lipinski definition) is 2. The number of benzene rings is 1. The van der Waals surface area contributed by atoms with Crippen molar-refractivity contribution in [1.82, 2.24) is 10.2 Å². The van der Waals surface area contributed by atoms with Crippen LogP contribution < -0.4 is 11.1 Å². The summed E-state index contributed by atoms with van der Waals surface area (Å²) >= 11 is 0. The minimum atomic E-state index is -0.0701. The van der Waals surface area contributed by atoms with Crippen LogP contribution in [0.25, 0.3) is 0 Å². The van der Waals surface area contributed by atoms with Gasteiger partial charge in [-0.1, -0.05) is 37.5 Å². The summed E-state index contributed by atoms with van der Waals surface area (Å²) in [7, 11) is 0. The van der Waals surface area contributed by atoms with Gasteiger partial charge in [0.25, 0.3) is 5.91 Å². The van der Waals surface area contributed by atoms with Crippen molar-refractivity contribution in [2.75, 3.05) is 19.6 Å². The van der Waals surface area contributed by atoms with E-state index in [0.717, 1.165) is 38.6 Å². The van der Waals surface area contributed by atoms with E-state index in [9.17, 15) is 9.59 Å². The molecule has 28 heavy (non-hydrogen) atoms. The molecule has 1 aliphatic carbocycles. The van der Waals surface area contributed by atoms with Crippen LogP contribution in [0.15, 0.2) is 30.3 Å². The van der Waals surface area contributed by atoms with Crippen LogP contribution in [0.5, 0.6) is 0 Å². The van der Waals surface area contributed by atoms with E-state index < -0.39 is 0 Å². The molecule has 3 rings (SSSR count). The molecule has 0 aromatic heterocycles. The van der Waals surface area contributed by atoms with Crippen molar-refractivity contribution >= 4 is 24.2 Å². The molecular weight excluding hydrogens is 374 g/mol. The highest BCUT2D eigenvalue weighted by Gasteiger charge is 2.36. The van der Waals surface area contributed by atoms with E-state index in [1.54, 1.807) is 0 Å². The number of nitrogens with zero attached hydrogens (tertiary/aromatic N) is 1. The SMILES string of the molecule is Cl.NCC1(CC(=O)N2CCCCC2CNC(=O)c2ccccc2)CCCCC1. The van der Waals surface area contributed by atoms with Crippen molar-refractivity contribution in [1.29, 1.82) is 0 Å². The summed E-state index contributed by atoms with van der Waals surface area (Å²) in [6.45, 7) is 1.92. The van der Waals surface area contributed by atoms with Crippen LogP contribution in [0.4, 0.5) is 0 Å². The molecule has 1 atom stereocenters. The first-order valence-electron chi connectivity index (χ1n) is 10.5. The summed E-state index contributed by atoms with van der Waals surface area (Å²) < 4.78 is 0. The lowest BCUT2D eigenvalue weighted by Gasteiger charge is -2.41. The van der Waals surface area contributed by atoms with Crippen LogP contribution in [0, 0.1) is 5.41 Å². The molecule has 2 aliphatic rings. The largest absolute Gasteiger partial charge is 0.350 e. The molecular formula is C22H34ClN3O2. The first-order valence-corrected chi connectivity index (χ1v) is 10.5. The van der Waals surface area contributed by atoms with Crippen molar-refractivity contribution in [2.24, 2.45) is 11.1 Å². The van der Waals surface area contributed by atoms with Gasteiger partial charge in [0.1, 0.15) is 0 Å². The van der Waals surface area contributed by atoms with Gasteiger partial charge in [-0.25, -0.2) is 0 Å². The predicted molar refractivity (Wildman–Crippen MR) is 115 cm³/mol. The monoisotopic (exact) mass is 407 g/mol. The second-order valence-electron chi connectivity index (χ2n) is 8.25. The maximum atomic E-state index is 13.1.